The molecule has 0 bridgehead atoms. The van der Waals surface area contributed by atoms with E-state index in [4.69, 9.17) is 0 Å². The highest BCUT2D eigenvalue weighted by Crippen LogP contribution is 2.49. The summed E-state index contributed by atoms with van der Waals surface area (Å²) in [5, 5.41) is 22.4. The highest BCUT2D eigenvalue weighted by molar-refractivity contribution is 5.96. The summed E-state index contributed by atoms with van der Waals surface area (Å²) in [6, 6.07) is 11.0. The van der Waals surface area contributed by atoms with E-state index in [0.29, 0.717) is 6.54 Å². The van der Waals surface area contributed by atoms with Crippen LogP contribution in [0.15, 0.2) is 42.5 Å². The van der Waals surface area contributed by atoms with Crippen molar-refractivity contribution < 1.29 is 14.6 Å². The van der Waals surface area contributed by atoms with Crippen molar-refractivity contribution in [2.45, 2.75) is 44.1 Å². The zero-order valence-corrected chi connectivity index (χ0v) is 16.0. The molecule has 1 saturated carbocycles. The van der Waals surface area contributed by atoms with Gasteiger partial charge in [-0.2, -0.15) is 0 Å². The summed E-state index contributed by atoms with van der Waals surface area (Å²) in [5.41, 5.74) is 1.30. The maximum atomic E-state index is 13.4. The summed E-state index contributed by atoms with van der Waals surface area (Å²) < 4.78 is 0. The fourth-order valence-electron chi connectivity index (χ4n) is 4.88. The summed E-state index contributed by atoms with van der Waals surface area (Å²) in [6.07, 6.45) is 4.14. The number of hydrogen-bond donors (Lipinski definition) is 0. The van der Waals surface area contributed by atoms with E-state index < -0.39 is 27.1 Å². The second-order valence-electron chi connectivity index (χ2n) is 7.94. The van der Waals surface area contributed by atoms with Gasteiger partial charge in [-0.15, -0.1) is 0 Å². The summed E-state index contributed by atoms with van der Waals surface area (Å²) in [4.78, 5) is 36.1. The molecule has 0 saturated heterocycles. The molecule has 4 rings (SSSR count). The number of nitrogens with zero attached hydrogens (tertiary/aromatic N) is 3. The van der Waals surface area contributed by atoms with Gasteiger partial charge in [-0.1, -0.05) is 37.1 Å². The molecule has 0 aromatic heterocycles. The third-order valence-electron chi connectivity index (χ3n) is 6.32. The van der Waals surface area contributed by atoms with Gasteiger partial charge in [0.05, 0.1) is 27.5 Å². The second kappa shape index (κ2) is 6.95. The molecule has 1 aliphatic carbocycles. The first-order valence-corrected chi connectivity index (χ1v) is 9.67. The molecule has 1 unspecified atom stereocenters. The summed E-state index contributed by atoms with van der Waals surface area (Å²) >= 11 is 0. The lowest BCUT2D eigenvalue weighted by atomic mass is 9.72. The highest BCUT2D eigenvalue weighted by atomic mass is 16.6. The van der Waals surface area contributed by atoms with E-state index in [1.54, 1.807) is 4.90 Å². The zero-order chi connectivity index (χ0) is 20.8. The predicted molar refractivity (Wildman–Crippen MR) is 106 cm³/mol. The van der Waals surface area contributed by atoms with Crippen LogP contribution in [0.1, 0.15) is 60.1 Å². The number of hydrogen-bond acceptors (Lipinski definition) is 5. The summed E-state index contributed by atoms with van der Waals surface area (Å²) in [5.74, 6) is -0.412. The number of nitro groups is 2. The van der Waals surface area contributed by atoms with Crippen molar-refractivity contribution in [3.05, 3.63) is 79.4 Å². The van der Waals surface area contributed by atoms with E-state index in [2.05, 4.69) is 6.07 Å². The van der Waals surface area contributed by atoms with Crippen molar-refractivity contribution in [2.24, 2.45) is 0 Å². The molecule has 29 heavy (non-hydrogen) atoms. The van der Waals surface area contributed by atoms with E-state index >= 15 is 0 Å². The predicted octanol–water partition coefficient (Wildman–Crippen LogP) is 4.53. The monoisotopic (exact) mass is 395 g/mol. The molecule has 150 valence electrons. The molecule has 1 heterocycles. The molecule has 2 aromatic carbocycles. The van der Waals surface area contributed by atoms with Gasteiger partial charge in [-0.05, 0) is 30.9 Å². The molecule has 1 atom stereocenters. The largest absolute Gasteiger partial charge is 0.331 e. The minimum absolute atomic E-state index is 0.0229. The van der Waals surface area contributed by atoms with Crippen LogP contribution in [0, 0.1) is 20.2 Å². The van der Waals surface area contributed by atoms with E-state index in [9.17, 15) is 25.0 Å². The van der Waals surface area contributed by atoms with Crippen LogP contribution >= 0.6 is 0 Å². The molecule has 1 spiro atoms. The van der Waals surface area contributed by atoms with Crippen LogP contribution in [0.5, 0.6) is 0 Å². The van der Waals surface area contributed by atoms with Crippen molar-refractivity contribution in [1.29, 1.82) is 0 Å². The van der Waals surface area contributed by atoms with Gasteiger partial charge >= 0.3 is 0 Å². The number of benzene rings is 2. The number of nitro benzene ring substituents is 2. The Balaban J connectivity index is 1.78. The Labute approximate surface area is 167 Å². The smallest absolute Gasteiger partial charge is 0.277 e. The van der Waals surface area contributed by atoms with Gasteiger partial charge in [0.2, 0.25) is 0 Å². The van der Waals surface area contributed by atoms with Crippen molar-refractivity contribution in [1.82, 2.24) is 4.90 Å². The molecule has 1 aliphatic heterocycles. The van der Waals surface area contributed by atoms with Crippen molar-refractivity contribution in [2.75, 3.05) is 6.54 Å². The molecule has 0 N–H and O–H groups in total. The van der Waals surface area contributed by atoms with Gasteiger partial charge in [0.25, 0.3) is 17.3 Å². The third-order valence-corrected chi connectivity index (χ3v) is 6.32. The molecule has 8 nitrogen and oxygen atoms in total. The number of non-ortho nitro benzene ring substituents is 2. The fraction of sp³-hybridized carbons (Fsp3) is 0.381. The lowest BCUT2D eigenvalue weighted by Gasteiger charge is -2.46. The fourth-order valence-corrected chi connectivity index (χ4v) is 4.88. The van der Waals surface area contributed by atoms with Crippen molar-refractivity contribution >= 4 is 17.3 Å². The van der Waals surface area contributed by atoms with Crippen LogP contribution in [0.2, 0.25) is 0 Å². The Kier molecular flexibility index (Phi) is 4.56. The zero-order valence-electron chi connectivity index (χ0n) is 16.0. The topological polar surface area (TPSA) is 107 Å². The van der Waals surface area contributed by atoms with E-state index in [0.717, 1.165) is 49.4 Å². The van der Waals surface area contributed by atoms with Crippen LogP contribution in [0.4, 0.5) is 11.4 Å². The van der Waals surface area contributed by atoms with Crippen LogP contribution in [-0.2, 0) is 5.41 Å². The molecular weight excluding hydrogens is 374 g/mol. The molecular formula is C21H21N3O5. The van der Waals surface area contributed by atoms with Crippen molar-refractivity contribution in [3.8, 4) is 0 Å². The molecule has 2 aliphatic rings. The van der Waals surface area contributed by atoms with Gasteiger partial charge < -0.3 is 4.90 Å². The standard InChI is InChI=1S/C21H21N3O5/c1-14-18-6-2-3-7-19(18)21(8-4-5-9-21)13-22(14)20(25)15-10-16(23(26)27)12-17(11-15)24(28)29/h2-3,6-7,10-12,14H,4-5,8-9,13H2,1H3. The Morgan fingerprint density at radius 2 is 1.62 bits per heavy atom. The number of fused-ring (bicyclic) bond motifs is 2. The highest BCUT2D eigenvalue weighted by Gasteiger charge is 2.45. The maximum Gasteiger partial charge on any atom is 0.277 e. The van der Waals surface area contributed by atoms with Gasteiger partial charge in [-0.3, -0.25) is 25.0 Å². The second-order valence-corrected chi connectivity index (χ2v) is 7.94. The minimum Gasteiger partial charge on any atom is -0.331 e. The lowest BCUT2D eigenvalue weighted by molar-refractivity contribution is -0.394. The van der Waals surface area contributed by atoms with Crippen LogP contribution in [0.25, 0.3) is 0 Å². The minimum atomic E-state index is -0.711. The number of carbonyl (C=O) groups excluding carboxylic acids is 1. The SMILES string of the molecule is CC1c2ccccc2C2(CCCC2)CN1C(=O)c1cc([N+](=O)[O-])cc([N+](=O)[O-])c1. The summed E-state index contributed by atoms with van der Waals surface area (Å²) in [7, 11) is 0. The van der Waals surface area contributed by atoms with E-state index in [1.165, 1.54) is 5.56 Å². The summed E-state index contributed by atoms with van der Waals surface area (Å²) in [6.45, 7) is 2.45. The first-order valence-electron chi connectivity index (χ1n) is 9.67. The first-order chi connectivity index (χ1) is 13.8. The normalized spacial score (nSPS) is 19.8. The average Bonchev–Trinajstić information content (AvgIpc) is 3.19. The number of rotatable bonds is 3. The number of carbonyl (C=O) groups is 1. The molecule has 0 radical (unpaired) electrons. The Morgan fingerprint density at radius 1 is 1.03 bits per heavy atom. The molecule has 1 amide bonds. The molecule has 2 aromatic rings. The molecule has 1 fully saturated rings. The Hall–Kier alpha value is -3.29. The van der Waals surface area contributed by atoms with Gasteiger partial charge in [-0.25, -0.2) is 0 Å². The van der Waals surface area contributed by atoms with Gasteiger partial charge in [0.1, 0.15) is 0 Å². The lowest BCUT2D eigenvalue weighted by Crippen LogP contribution is -2.48. The third kappa shape index (κ3) is 3.14. The van der Waals surface area contributed by atoms with Crippen LogP contribution in [0.3, 0.4) is 0 Å². The van der Waals surface area contributed by atoms with Crippen LogP contribution in [-0.4, -0.2) is 27.2 Å². The molecule has 8 heteroatoms. The van der Waals surface area contributed by atoms with Crippen LogP contribution < -0.4 is 0 Å². The van der Waals surface area contributed by atoms with E-state index in [-0.39, 0.29) is 17.0 Å². The van der Waals surface area contributed by atoms with Crippen molar-refractivity contribution in [3.63, 3.8) is 0 Å². The maximum absolute atomic E-state index is 13.4. The first kappa shape index (κ1) is 19.0. The number of amides is 1. The van der Waals surface area contributed by atoms with Gasteiger partial charge in [0, 0.05) is 24.1 Å². The average molecular weight is 395 g/mol. The Bertz CT molecular complexity index is 981. The van der Waals surface area contributed by atoms with E-state index in [1.807, 2.05) is 25.1 Å². The quantitative estimate of drug-likeness (QED) is 0.560. The van der Waals surface area contributed by atoms with Gasteiger partial charge in [0.15, 0.2) is 0 Å². The Morgan fingerprint density at radius 3 is 2.21 bits per heavy atom.